The molecule has 1 nitrogen and oxygen atoms in total. The maximum atomic E-state index is 2.49. The van der Waals surface area contributed by atoms with E-state index in [1.165, 1.54) is 83.7 Å². The van der Waals surface area contributed by atoms with E-state index in [-0.39, 0.29) is 0 Å². The summed E-state index contributed by atoms with van der Waals surface area (Å²) in [7, 11) is 0. The standard InChI is InChI=1S/C50H35N/c1-34-33-38(36-17-6-3-7-18-36)29-32-47(34)51(39-30-27-37(28-31-39)35-15-4-2-5-16-35)48-26-14-25-46-49(48)42-21-10-13-24-45(42)50(46)43-22-11-8-19-40(43)41-20-9-12-23-44(41)50/h2-33H,1H3. The highest BCUT2D eigenvalue weighted by Gasteiger charge is 2.52. The van der Waals surface area contributed by atoms with Crippen molar-refractivity contribution in [1.82, 2.24) is 0 Å². The SMILES string of the molecule is Cc1cc(-c2ccccc2)ccc1N(c1ccc(-c2ccccc2)cc1)c1cccc2c1-c1ccccc1C21c2ccccc2-c2ccccc21. The Hall–Kier alpha value is -6.44. The van der Waals surface area contributed by atoms with Gasteiger partial charge >= 0.3 is 0 Å². The second kappa shape index (κ2) is 11.6. The van der Waals surface area contributed by atoms with Crippen LogP contribution in [0.3, 0.4) is 0 Å². The molecule has 51 heavy (non-hydrogen) atoms. The number of benzene rings is 8. The Morgan fingerprint density at radius 1 is 0.353 bits per heavy atom. The van der Waals surface area contributed by atoms with Gasteiger partial charge in [-0.2, -0.15) is 0 Å². The first kappa shape index (κ1) is 29.5. The first-order valence-electron chi connectivity index (χ1n) is 17.8. The molecule has 2 aliphatic carbocycles. The fraction of sp³-hybridized carbons (Fsp3) is 0.0400. The van der Waals surface area contributed by atoms with Crippen molar-refractivity contribution in [3.8, 4) is 44.5 Å². The van der Waals surface area contributed by atoms with E-state index >= 15 is 0 Å². The molecule has 0 saturated carbocycles. The number of nitrogens with zero attached hydrogens (tertiary/aromatic N) is 1. The molecule has 0 fully saturated rings. The molecule has 0 N–H and O–H groups in total. The van der Waals surface area contributed by atoms with Gasteiger partial charge in [-0.1, -0.05) is 164 Å². The first-order valence-corrected chi connectivity index (χ1v) is 17.8. The fourth-order valence-corrected chi connectivity index (χ4v) is 8.87. The molecule has 0 amide bonds. The number of anilines is 3. The van der Waals surface area contributed by atoms with Crippen LogP contribution in [0.2, 0.25) is 0 Å². The summed E-state index contributed by atoms with van der Waals surface area (Å²) in [4.78, 5) is 2.49. The number of aryl methyl sites for hydroxylation is 1. The lowest BCUT2D eigenvalue weighted by atomic mass is 9.70. The third-order valence-electron chi connectivity index (χ3n) is 11.0. The Labute approximate surface area is 299 Å². The van der Waals surface area contributed by atoms with Crippen molar-refractivity contribution in [1.29, 1.82) is 0 Å². The maximum absolute atomic E-state index is 2.49. The lowest BCUT2D eigenvalue weighted by molar-refractivity contribution is 0.794. The second-order valence-corrected chi connectivity index (χ2v) is 13.7. The molecule has 10 rings (SSSR count). The highest BCUT2D eigenvalue weighted by atomic mass is 15.1. The topological polar surface area (TPSA) is 3.24 Å². The predicted molar refractivity (Wildman–Crippen MR) is 213 cm³/mol. The monoisotopic (exact) mass is 649 g/mol. The van der Waals surface area contributed by atoms with Crippen LogP contribution in [0.4, 0.5) is 17.1 Å². The molecule has 8 aromatic rings. The number of fused-ring (bicyclic) bond motifs is 10. The molecular formula is C50H35N. The Bertz CT molecular complexity index is 2540. The normalized spacial score (nSPS) is 13.0. The summed E-state index contributed by atoms with van der Waals surface area (Å²) in [6, 6.07) is 71.4. The zero-order chi connectivity index (χ0) is 33.9. The highest BCUT2D eigenvalue weighted by molar-refractivity contribution is 6.01. The molecule has 0 unspecified atom stereocenters. The van der Waals surface area contributed by atoms with E-state index in [0.29, 0.717) is 0 Å². The second-order valence-electron chi connectivity index (χ2n) is 13.7. The van der Waals surface area contributed by atoms with Crippen LogP contribution >= 0.6 is 0 Å². The number of hydrogen-bond donors (Lipinski definition) is 0. The average Bonchev–Trinajstić information content (AvgIpc) is 3.67. The van der Waals surface area contributed by atoms with Gasteiger partial charge in [0.2, 0.25) is 0 Å². The van der Waals surface area contributed by atoms with Gasteiger partial charge in [0.15, 0.2) is 0 Å². The van der Waals surface area contributed by atoms with Gasteiger partial charge in [0.05, 0.1) is 11.1 Å². The van der Waals surface area contributed by atoms with Crippen molar-refractivity contribution in [2.45, 2.75) is 12.3 Å². The van der Waals surface area contributed by atoms with Crippen molar-refractivity contribution in [2.24, 2.45) is 0 Å². The van der Waals surface area contributed by atoms with Crippen LogP contribution in [0.15, 0.2) is 194 Å². The molecular weight excluding hydrogens is 615 g/mol. The molecule has 1 spiro atoms. The predicted octanol–water partition coefficient (Wildman–Crippen LogP) is 13.1. The van der Waals surface area contributed by atoms with E-state index in [1.807, 2.05) is 0 Å². The van der Waals surface area contributed by atoms with Crippen LogP contribution in [-0.4, -0.2) is 0 Å². The van der Waals surface area contributed by atoms with Gasteiger partial charge in [-0.3, -0.25) is 0 Å². The minimum absolute atomic E-state index is 0.399. The number of hydrogen-bond acceptors (Lipinski definition) is 1. The highest BCUT2D eigenvalue weighted by Crippen LogP contribution is 2.64. The quantitative estimate of drug-likeness (QED) is 0.179. The van der Waals surface area contributed by atoms with Gasteiger partial charge in [0.1, 0.15) is 0 Å². The largest absolute Gasteiger partial charge is 0.310 e. The third-order valence-corrected chi connectivity index (χ3v) is 11.0. The summed E-state index contributed by atoms with van der Waals surface area (Å²) < 4.78 is 0. The van der Waals surface area contributed by atoms with E-state index in [1.54, 1.807) is 0 Å². The van der Waals surface area contributed by atoms with Crippen molar-refractivity contribution in [3.63, 3.8) is 0 Å². The Morgan fingerprint density at radius 2 is 0.824 bits per heavy atom. The molecule has 2 aliphatic rings. The van der Waals surface area contributed by atoms with Crippen LogP contribution in [0.25, 0.3) is 44.5 Å². The molecule has 1 heteroatoms. The number of rotatable bonds is 5. The minimum atomic E-state index is -0.399. The van der Waals surface area contributed by atoms with Crippen LogP contribution < -0.4 is 4.90 Å². The summed E-state index contributed by atoms with van der Waals surface area (Å²) in [5.74, 6) is 0. The minimum Gasteiger partial charge on any atom is -0.310 e. The van der Waals surface area contributed by atoms with Crippen LogP contribution in [0.1, 0.15) is 27.8 Å². The van der Waals surface area contributed by atoms with Gasteiger partial charge in [-0.15, -0.1) is 0 Å². The van der Waals surface area contributed by atoms with Gasteiger partial charge in [0.25, 0.3) is 0 Å². The summed E-state index contributed by atoms with van der Waals surface area (Å²) in [6.45, 7) is 2.25. The van der Waals surface area contributed by atoms with E-state index < -0.39 is 5.41 Å². The van der Waals surface area contributed by atoms with Crippen molar-refractivity contribution in [3.05, 3.63) is 222 Å². The van der Waals surface area contributed by atoms with E-state index in [9.17, 15) is 0 Å². The molecule has 0 saturated heterocycles. The van der Waals surface area contributed by atoms with Crippen LogP contribution in [-0.2, 0) is 5.41 Å². The molecule has 0 atom stereocenters. The Morgan fingerprint density at radius 3 is 1.43 bits per heavy atom. The van der Waals surface area contributed by atoms with E-state index in [2.05, 4.69) is 206 Å². The third kappa shape index (κ3) is 4.35. The van der Waals surface area contributed by atoms with Gasteiger partial charge in [-0.25, -0.2) is 0 Å². The fourth-order valence-electron chi connectivity index (χ4n) is 8.87. The lowest BCUT2D eigenvalue weighted by Gasteiger charge is -2.32. The van der Waals surface area contributed by atoms with E-state index in [4.69, 9.17) is 0 Å². The molecule has 8 aromatic carbocycles. The summed E-state index contributed by atoms with van der Waals surface area (Å²) in [5, 5.41) is 0. The molecule has 0 aromatic heterocycles. The maximum Gasteiger partial charge on any atom is 0.0726 e. The summed E-state index contributed by atoms with van der Waals surface area (Å²) in [6.07, 6.45) is 0. The van der Waals surface area contributed by atoms with Crippen molar-refractivity contribution in [2.75, 3.05) is 4.90 Å². The zero-order valence-corrected chi connectivity index (χ0v) is 28.4. The molecule has 0 bridgehead atoms. The van der Waals surface area contributed by atoms with Crippen molar-refractivity contribution >= 4 is 17.1 Å². The van der Waals surface area contributed by atoms with Crippen molar-refractivity contribution < 1.29 is 0 Å². The lowest BCUT2D eigenvalue weighted by Crippen LogP contribution is -2.26. The van der Waals surface area contributed by atoms with Crippen LogP contribution in [0, 0.1) is 6.92 Å². The summed E-state index contributed by atoms with van der Waals surface area (Å²) in [5.41, 5.74) is 19.8. The molecule has 0 aliphatic heterocycles. The van der Waals surface area contributed by atoms with E-state index in [0.717, 1.165) is 5.69 Å². The average molecular weight is 650 g/mol. The molecule has 0 radical (unpaired) electrons. The smallest absolute Gasteiger partial charge is 0.0726 e. The van der Waals surface area contributed by atoms with Gasteiger partial charge in [-0.05, 0) is 104 Å². The first-order chi connectivity index (χ1) is 25.2. The Balaban J connectivity index is 1.24. The van der Waals surface area contributed by atoms with Gasteiger partial charge in [0, 0.05) is 16.9 Å². The molecule has 240 valence electrons. The Kier molecular flexibility index (Phi) is 6.69. The molecule has 0 heterocycles. The van der Waals surface area contributed by atoms with Gasteiger partial charge < -0.3 is 4.90 Å². The van der Waals surface area contributed by atoms with Crippen LogP contribution in [0.5, 0.6) is 0 Å². The summed E-state index contributed by atoms with van der Waals surface area (Å²) >= 11 is 0. The zero-order valence-electron chi connectivity index (χ0n) is 28.4.